The molecule has 0 amide bonds. The lowest BCUT2D eigenvalue weighted by Gasteiger charge is -2.16. The van der Waals surface area contributed by atoms with Crippen molar-refractivity contribution in [3.05, 3.63) is 47.8 Å². The molecule has 0 saturated heterocycles. The topological polar surface area (TPSA) is 42.7 Å². The van der Waals surface area contributed by atoms with Crippen molar-refractivity contribution < 1.29 is 4.39 Å². The molecule has 2 rings (SSSR count). The highest BCUT2D eigenvalue weighted by atomic mass is 19.1. The molecule has 4 nitrogen and oxygen atoms in total. The first kappa shape index (κ1) is 14.7. The number of hydrogen-bond acceptors (Lipinski definition) is 3. The fourth-order valence-corrected chi connectivity index (χ4v) is 2.15. The molecule has 0 spiro atoms. The lowest BCUT2D eigenvalue weighted by atomic mass is 10.1. The minimum atomic E-state index is -0.276. The molecule has 108 valence electrons. The summed E-state index contributed by atoms with van der Waals surface area (Å²) < 4.78 is 15.8. The Morgan fingerprint density at radius 3 is 2.75 bits per heavy atom. The van der Waals surface area contributed by atoms with E-state index in [0.717, 1.165) is 12.2 Å². The van der Waals surface area contributed by atoms with Gasteiger partial charge in [-0.25, -0.2) is 4.39 Å². The van der Waals surface area contributed by atoms with E-state index in [0.29, 0.717) is 18.2 Å². The summed E-state index contributed by atoms with van der Waals surface area (Å²) in [6.07, 6.45) is 4.20. The summed E-state index contributed by atoms with van der Waals surface area (Å²) in [5.41, 5.74) is 1.39. The lowest BCUT2D eigenvalue weighted by molar-refractivity contribution is 0.479. The lowest BCUT2D eigenvalue weighted by Crippen LogP contribution is -2.25. The average molecular weight is 276 g/mol. The van der Waals surface area contributed by atoms with E-state index >= 15 is 0 Å². The minimum absolute atomic E-state index is 0.156. The van der Waals surface area contributed by atoms with E-state index in [9.17, 15) is 4.39 Å². The van der Waals surface area contributed by atoms with Gasteiger partial charge >= 0.3 is 0 Å². The molecule has 0 aliphatic carbocycles. The third-order valence-corrected chi connectivity index (χ3v) is 3.17. The highest BCUT2D eigenvalue weighted by Crippen LogP contribution is 2.18. The molecule has 20 heavy (non-hydrogen) atoms. The summed E-state index contributed by atoms with van der Waals surface area (Å²) in [6, 6.07) is 5.20. The molecule has 0 bridgehead atoms. The SMILES string of the molecule is CCNC(Cc1ccn(C(C)C)n1)c1ncccc1F. The molecule has 0 radical (unpaired) electrons. The molecule has 2 aromatic heterocycles. The second-order valence-corrected chi connectivity index (χ2v) is 5.07. The molecule has 0 aliphatic rings. The zero-order valence-corrected chi connectivity index (χ0v) is 12.2. The van der Waals surface area contributed by atoms with Crippen molar-refractivity contribution >= 4 is 0 Å². The van der Waals surface area contributed by atoms with Crippen LogP contribution in [0.15, 0.2) is 30.6 Å². The van der Waals surface area contributed by atoms with Crippen molar-refractivity contribution in [1.29, 1.82) is 0 Å². The number of nitrogens with one attached hydrogen (secondary N) is 1. The van der Waals surface area contributed by atoms with Gasteiger partial charge in [0.1, 0.15) is 5.82 Å². The van der Waals surface area contributed by atoms with Crippen LogP contribution in [-0.4, -0.2) is 21.3 Å². The summed E-state index contributed by atoms with van der Waals surface area (Å²) in [5.74, 6) is -0.276. The van der Waals surface area contributed by atoms with Crippen LogP contribution in [0.4, 0.5) is 4.39 Å². The molecule has 0 aromatic carbocycles. The van der Waals surface area contributed by atoms with Crippen LogP contribution in [0.3, 0.4) is 0 Å². The Morgan fingerprint density at radius 1 is 1.35 bits per heavy atom. The first-order valence-electron chi connectivity index (χ1n) is 6.99. The molecule has 0 fully saturated rings. The third kappa shape index (κ3) is 3.42. The summed E-state index contributed by atoms with van der Waals surface area (Å²) in [5, 5.41) is 7.79. The summed E-state index contributed by atoms with van der Waals surface area (Å²) >= 11 is 0. The van der Waals surface area contributed by atoms with Crippen molar-refractivity contribution in [2.75, 3.05) is 6.54 Å². The quantitative estimate of drug-likeness (QED) is 0.882. The number of pyridine rings is 1. The maximum atomic E-state index is 13.9. The highest BCUT2D eigenvalue weighted by Gasteiger charge is 2.18. The van der Waals surface area contributed by atoms with Crippen LogP contribution >= 0.6 is 0 Å². The van der Waals surface area contributed by atoms with Crippen LogP contribution < -0.4 is 5.32 Å². The molecule has 1 N–H and O–H groups in total. The molecule has 2 heterocycles. The van der Waals surface area contributed by atoms with Gasteiger partial charge < -0.3 is 5.32 Å². The zero-order valence-electron chi connectivity index (χ0n) is 12.2. The van der Waals surface area contributed by atoms with Gasteiger partial charge in [0.05, 0.1) is 17.4 Å². The Labute approximate surface area is 119 Å². The first-order chi connectivity index (χ1) is 9.61. The van der Waals surface area contributed by atoms with Gasteiger partial charge in [0, 0.05) is 24.9 Å². The molecule has 2 aromatic rings. The van der Waals surface area contributed by atoms with Crippen molar-refractivity contribution in [3.8, 4) is 0 Å². The van der Waals surface area contributed by atoms with Crippen molar-refractivity contribution in [2.45, 2.75) is 39.3 Å². The van der Waals surface area contributed by atoms with E-state index in [2.05, 4.69) is 29.2 Å². The Balaban J connectivity index is 2.19. The van der Waals surface area contributed by atoms with Gasteiger partial charge in [-0.3, -0.25) is 9.67 Å². The summed E-state index contributed by atoms with van der Waals surface area (Å²) in [4.78, 5) is 4.16. The second-order valence-electron chi connectivity index (χ2n) is 5.07. The Morgan fingerprint density at radius 2 is 2.15 bits per heavy atom. The second kappa shape index (κ2) is 6.61. The maximum absolute atomic E-state index is 13.9. The van der Waals surface area contributed by atoms with Crippen LogP contribution in [0.25, 0.3) is 0 Å². The van der Waals surface area contributed by atoms with Gasteiger partial charge in [0.2, 0.25) is 0 Å². The Kier molecular flexibility index (Phi) is 4.84. The standard InChI is InChI=1S/C15H21FN4/c1-4-17-14(15-13(16)6-5-8-18-15)10-12-7-9-20(19-12)11(2)3/h5-9,11,14,17H,4,10H2,1-3H3. The van der Waals surface area contributed by atoms with Crippen LogP contribution in [0, 0.1) is 5.82 Å². The zero-order chi connectivity index (χ0) is 14.5. The monoisotopic (exact) mass is 276 g/mol. The molecule has 0 saturated carbocycles. The van der Waals surface area contributed by atoms with E-state index in [-0.39, 0.29) is 11.9 Å². The summed E-state index contributed by atoms with van der Waals surface area (Å²) in [7, 11) is 0. The predicted molar refractivity (Wildman–Crippen MR) is 76.9 cm³/mol. The summed E-state index contributed by atoms with van der Waals surface area (Å²) in [6.45, 7) is 6.92. The van der Waals surface area contributed by atoms with Crippen LogP contribution in [0.2, 0.25) is 0 Å². The van der Waals surface area contributed by atoms with E-state index < -0.39 is 0 Å². The smallest absolute Gasteiger partial charge is 0.146 e. The maximum Gasteiger partial charge on any atom is 0.146 e. The molecule has 1 atom stereocenters. The number of rotatable bonds is 6. The van der Waals surface area contributed by atoms with Gasteiger partial charge in [0.15, 0.2) is 0 Å². The Bertz CT molecular complexity index is 550. The van der Waals surface area contributed by atoms with Crippen molar-refractivity contribution in [2.24, 2.45) is 0 Å². The molecule has 5 heteroatoms. The molecular formula is C15H21FN4. The van der Waals surface area contributed by atoms with E-state index in [1.54, 1.807) is 12.3 Å². The largest absolute Gasteiger partial charge is 0.308 e. The normalized spacial score (nSPS) is 12.8. The van der Waals surface area contributed by atoms with Gasteiger partial charge in [-0.05, 0) is 38.6 Å². The molecule has 1 unspecified atom stereocenters. The van der Waals surface area contributed by atoms with Gasteiger partial charge in [-0.2, -0.15) is 5.10 Å². The molecule has 0 aliphatic heterocycles. The first-order valence-corrected chi connectivity index (χ1v) is 6.99. The number of likely N-dealkylation sites (N-methyl/N-ethyl adjacent to an activating group) is 1. The van der Waals surface area contributed by atoms with E-state index in [4.69, 9.17) is 0 Å². The van der Waals surface area contributed by atoms with Gasteiger partial charge in [-0.1, -0.05) is 6.92 Å². The van der Waals surface area contributed by atoms with E-state index in [1.165, 1.54) is 6.07 Å². The minimum Gasteiger partial charge on any atom is -0.308 e. The number of halogens is 1. The number of nitrogens with zero attached hydrogens (tertiary/aromatic N) is 3. The highest BCUT2D eigenvalue weighted by molar-refractivity contribution is 5.15. The van der Waals surface area contributed by atoms with Gasteiger partial charge in [0.25, 0.3) is 0 Å². The predicted octanol–water partition coefficient (Wildman–Crippen LogP) is 2.89. The van der Waals surface area contributed by atoms with Crippen LogP contribution in [0.5, 0.6) is 0 Å². The number of hydrogen-bond donors (Lipinski definition) is 1. The van der Waals surface area contributed by atoms with Crippen molar-refractivity contribution in [3.63, 3.8) is 0 Å². The Hall–Kier alpha value is -1.75. The van der Waals surface area contributed by atoms with Crippen LogP contribution in [0.1, 0.15) is 44.2 Å². The molecular weight excluding hydrogens is 255 g/mol. The fourth-order valence-electron chi connectivity index (χ4n) is 2.15. The van der Waals surface area contributed by atoms with E-state index in [1.807, 2.05) is 23.9 Å². The third-order valence-electron chi connectivity index (χ3n) is 3.17. The average Bonchev–Trinajstić information content (AvgIpc) is 2.88. The number of aromatic nitrogens is 3. The van der Waals surface area contributed by atoms with Crippen LogP contribution in [-0.2, 0) is 6.42 Å². The van der Waals surface area contributed by atoms with Gasteiger partial charge in [-0.15, -0.1) is 0 Å². The van der Waals surface area contributed by atoms with Crippen molar-refractivity contribution in [1.82, 2.24) is 20.1 Å². The fraction of sp³-hybridized carbons (Fsp3) is 0.467.